The molecule has 8 heteroatoms. The Hall–Kier alpha value is -4.43. The topological polar surface area (TPSA) is 88.5 Å². The summed E-state index contributed by atoms with van der Waals surface area (Å²) in [5.74, 6) is -0.169. The van der Waals surface area contributed by atoms with Crippen LogP contribution in [0.1, 0.15) is 55.2 Å². The van der Waals surface area contributed by atoms with Crippen LogP contribution >= 0.6 is 0 Å². The molecule has 0 radical (unpaired) electrons. The first-order valence-corrected chi connectivity index (χ1v) is 14.4. The number of alkyl carbamates (subject to hydrolysis) is 1. The van der Waals surface area contributed by atoms with Gasteiger partial charge in [-0.25, -0.2) is 9.78 Å². The zero-order valence-electron chi connectivity index (χ0n) is 24.8. The molecule has 1 fully saturated rings. The van der Waals surface area contributed by atoms with Crippen molar-refractivity contribution in [1.29, 1.82) is 0 Å². The molecular weight excluding hydrogens is 526 g/mol. The third-order valence-electron chi connectivity index (χ3n) is 7.11. The highest BCUT2D eigenvalue weighted by Gasteiger charge is 2.24. The highest BCUT2D eigenvalue weighted by Crippen LogP contribution is 2.24. The summed E-state index contributed by atoms with van der Waals surface area (Å²) in [5.41, 5.74) is 5.72. The molecule has 42 heavy (non-hydrogen) atoms. The lowest BCUT2D eigenvalue weighted by molar-refractivity contribution is 0.0470. The molecule has 1 aliphatic heterocycles. The number of ether oxygens (including phenoxy) is 1. The fourth-order valence-electron chi connectivity index (χ4n) is 5.27. The molecule has 0 unspecified atom stereocenters. The first kappa shape index (κ1) is 29.1. The lowest BCUT2D eigenvalue weighted by atomic mass is 10.0. The zero-order valence-corrected chi connectivity index (χ0v) is 24.8. The Kier molecular flexibility index (Phi) is 8.73. The van der Waals surface area contributed by atoms with Gasteiger partial charge in [-0.2, -0.15) is 0 Å². The third-order valence-corrected chi connectivity index (χ3v) is 7.11. The molecule has 2 N–H and O–H groups in total. The van der Waals surface area contributed by atoms with Gasteiger partial charge in [-0.1, -0.05) is 42.5 Å². The summed E-state index contributed by atoms with van der Waals surface area (Å²) in [7, 11) is 0. The summed E-state index contributed by atoms with van der Waals surface area (Å²) in [5, 5.41) is 6.15. The van der Waals surface area contributed by atoms with Crippen LogP contribution in [0, 0.1) is 6.92 Å². The van der Waals surface area contributed by atoms with E-state index in [1.54, 1.807) is 6.33 Å². The highest BCUT2D eigenvalue weighted by atomic mass is 16.6. The van der Waals surface area contributed by atoms with E-state index in [1.807, 2.05) is 105 Å². The van der Waals surface area contributed by atoms with Crippen LogP contribution in [0.25, 0.3) is 16.8 Å². The van der Waals surface area contributed by atoms with Gasteiger partial charge in [-0.05, 0) is 94.1 Å². The van der Waals surface area contributed by atoms with Crippen molar-refractivity contribution in [2.45, 2.75) is 58.7 Å². The summed E-state index contributed by atoms with van der Waals surface area (Å²) in [6, 6.07) is 23.8. The molecule has 0 bridgehead atoms. The van der Waals surface area contributed by atoms with Crippen molar-refractivity contribution in [2.24, 2.45) is 0 Å². The van der Waals surface area contributed by atoms with Gasteiger partial charge in [0.05, 0.1) is 12.0 Å². The molecule has 1 aromatic heterocycles. The molecule has 1 atom stereocenters. The van der Waals surface area contributed by atoms with Crippen LogP contribution in [-0.2, 0) is 11.3 Å². The monoisotopic (exact) mass is 565 g/mol. The van der Waals surface area contributed by atoms with Gasteiger partial charge in [0.2, 0.25) is 0 Å². The number of aryl methyl sites for hydroxylation is 1. The summed E-state index contributed by atoms with van der Waals surface area (Å²) >= 11 is 0. The smallest absolute Gasteiger partial charge is 0.407 e. The number of rotatable bonds is 7. The minimum Gasteiger partial charge on any atom is -0.444 e. The Morgan fingerprint density at radius 2 is 1.79 bits per heavy atom. The Labute approximate surface area is 247 Å². The van der Waals surface area contributed by atoms with Gasteiger partial charge in [0.25, 0.3) is 5.91 Å². The Morgan fingerprint density at radius 1 is 1.00 bits per heavy atom. The number of carbonyl (C=O) groups excluding carboxylic acids is 2. The fourth-order valence-corrected chi connectivity index (χ4v) is 5.27. The van der Waals surface area contributed by atoms with Crippen molar-refractivity contribution >= 4 is 17.7 Å². The second kappa shape index (κ2) is 12.6. The number of piperidine rings is 1. The van der Waals surface area contributed by atoms with Gasteiger partial charge in [0.1, 0.15) is 5.60 Å². The summed E-state index contributed by atoms with van der Waals surface area (Å²) in [6.07, 6.45) is 5.25. The van der Waals surface area contributed by atoms with E-state index in [1.165, 1.54) is 0 Å². The maximum Gasteiger partial charge on any atom is 0.407 e. The molecule has 0 saturated carbocycles. The van der Waals surface area contributed by atoms with Gasteiger partial charge in [0, 0.05) is 42.3 Å². The van der Waals surface area contributed by atoms with Crippen molar-refractivity contribution in [1.82, 2.24) is 19.8 Å². The SMILES string of the molecule is Cc1cn(-c2cc(CN3CCC[C@H](NC(=O)OC(C)(C)C)C3)cc(NC(=O)c3cccc(-c4ccccc4)c3)c2)cn1. The standard InChI is InChI=1S/C34H39N5O3/c1-24-20-39(23-35-24)31-17-25(21-38-15-9-14-29(22-38)37-33(41)42-34(2,3)4)16-30(19-31)36-32(40)28-13-8-12-27(18-28)26-10-6-5-7-11-26/h5-8,10-13,16-20,23,29H,9,14-15,21-22H2,1-4H3,(H,36,40)(H,37,41)/t29-/m0/s1. The lowest BCUT2D eigenvalue weighted by Gasteiger charge is -2.33. The van der Waals surface area contributed by atoms with E-state index >= 15 is 0 Å². The molecule has 8 nitrogen and oxygen atoms in total. The van der Waals surface area contributed by atoms with Gasteiger partial charge >= 0.3 is 6.09 Å². The molecule has 1 saturated heterocycles. The maximum absolute atomic E-state index is 13.4. The van der Waals surface area contributed by atoms with E-state index < -0.39 is 5.60 Å². The van der Waals surface area contributed by atoms with Crippen molar-refractivity contribution in [3.8, 4) is 16.8 Å². The second-order valence-corrected chi connectivity index (χ2v) is 11.9. The van der Waals surface area contributed by atoms with Crippen LogP contribution in [0.15, 0.2) is 85.3 Å². The minimum absolute atomic E-state index is 0.0177. The average molecular weight is 566 g/mol. The molecular formula is C34H39N5O3. The van der Waals surface area contributed by atoms with Crippen LogP contribution < -0.4 is 10.6 Å². The number of amides is 2. The van der Waals surface area contributed by atoms with Gasteiger partial charge in [-0.15, -0.1) is 0 Å². The molecule has 0 spiro atoms. The Morgan fingerprint density at radius 3 is 2.52 bits per heavy atom. The molecule has 1 aliphatic rings. The number of benzene rings is 3. The van der Waals surface area contributed by atoms with E-state index in [2.05, 4.69) is 26.6 Å². The second-order valence-electron chi connectivity index (χ2n) is 11.9. The van der Waals surface area contributed by atoms with Gasteiger partial charge < -0.3 is 19.9 Å². The number of likely N-dealkylation sites (tertiary alicyclic amines) is 1. The molecule has 3 aromatic carbocycles. The van der Waals surface area contributed by atoms with E-state index in [0.29, 0.717) is 17.8 Å². The number of nitrogens with one attached hydrogen (secondary N) is 2. The largest absolute Gasteiger partial charge is 0.444 e. The van der Waals surface area contributed by atoms with Crippen LogP contribution in [-0.4, -0.2) is 51.2 Å². The van der Waals surface area contributed by atoms with Crippen molar-refractivity contribution in [3.63, 3.8) is 0 Å². The average Bonchev–Trinajstić information content (AvgIpc) is 3.39. The summed E-state index contributed by atoms with van der Waals surface area (Å²) in [4.78, 5) is 32.5. The molecule has 5 rings (SSSR count). The highest BCUT2D eigenvalue weighted by molar-refractivity contribution is 6.05. The summed E-state index contributed by atoms with van der Waals surface area (Å²) in [6.45, 7) is 9.88. The first-order chi connectivity index (χ1) is 20.1. The number of carbonyl (C=O) groups is 2. The predicted octanol–water partition coefficient (Wildman–Crippen LogP) is 6.59. The normalized spacial score (nSPS) is 15.7. The fraction of sp³-hybridized carbons (Fsp3) is 0.324. The maximum atomic E-state index is 13.4. The molecule has 4 aromatic rings. The van der Waals surface area contributed by atoms with E-state index in [-0.39, 0.29) is 18.0 Å². The third kappa shape index (κ3) is 7.85. The van der Waals surface area contributed by atoms with E-state index in [9.17, 15) is 9.59 Å². The number of hydrogen-bond donors (Lipinski definition) is 2. The Bertz CT molecular complexity index is 1540. The Balaban J connectivity index is 1.34. The molecule has 218 valence electrons. The number of nitrogens with zero attached hydrogens (tertiary/aromatic N) is 3. The van der Waals surface area contributed by atoms with Crippen LogP contribution in [0.3, 0.4) is 0 Å². The number of hydrogen-bond acceptors (Lipinski definition) is 5. The predicted molar refractivity (Wildman–Crippen MR) is 166 cm³/mol. The molecule has 2 heterocycles. The molecule has 2 amide bonds. The lowest BCUT2D eigenvalue weighted by Crippen LogP contribution is -2.48. The number of aromatic nitrogens is 2. The van der Waals surface area contributed by atoms with Crippen molar-refractivity contribution < 1.29 is 14.3 Å². The van der Waals surface area contributed by atoms with Gasteiger partial charge in [-0.3, -0.25) is 9.69 Å². The molecule has 0 aliphatic carbocycles. The van der Waals surface area contributed by atoms with E-state index in [0.717, 1.165) is 54.0 Å². The number of anilines is 1. The first-order valence-electron chi connectivity index (χ1n) is 14.4. The summed E-state index contributed by atoms with van der Waals surface area (Å²) < 4.78 is 7.43. The zero-order chi connectivity index (χ0) is 29.7. The van der Waals surface area contributed by atoms with E-state index in [4.69, 9.17) is 4.74 Å². The van der Waals surface area contributed by atoms with Crippen LogP contribution in [0.4, 0.5) is 10.5 Å². The van der Waals surface area contributed by atoms with Crippen LogP contribution in [0.2, 0.25) is 0 Å². The minimum atomic E-state index is -0.533. The van der Waals surface area contributed by atoms with Crippen molar-refractivity contribution in [3.05, 3.63) is 102 Å². The van der Waals surface area contributed by atoms with Gasteiger partial charge in [0.15, 0.2) is 0 Å². The quantitative estimate of drug-likeness (QED) is 0.264. The van der Waals surface area contributed by atoms with Crippen LogP contribution in [0.5, 0.6) is 0 Å². The number of imidazole rings is 1. The van der Waals surface area contributed by atoms with Crippen molar-refractivity contribution in [2.75, 3.05) is 18.4 Å².